The summed E-state index contributed by atoms with van der Waals surface area (Å²) in [6.07, 6.45) is 2.88. The van der Waals surface area contributed by atoms with Crippen LogP contribution in [0.3, 0.4) is 0 Å². The minimum atomic E-state index is -0.361. The number of fused-ring (bicyclic) bond motifs is 1. The summed E-state index contributed by atoms with van der Waals surface area (Å²) >= 11 is 0. The van der Waals surface area contributed by atoms with E-state index in [-0.39, 0.29) is 24.4 Å². The molecule has 0 saturated carbocycles. The Hall–Kier alpha value is -3.81. The van der Waals surface area contributed by atoms with Gasteiger partial charge < -0.3 is 19.5 Å². The fourth-order valence-corrected chi connectivity index (χ4v) is 3.73. The van der Waals surface area contributed by atoms with Crippen molar-refractivity contribution < 1.29 is 23.8 Å². The molecule has 1 aliphatic rings. The van der Waals surface area contributed by atoms with E-state index in [0.29, 0.717) is 35.9 Å². The third-order valence-corrected chi connectivity index (χ3v) is 5.34. The van der Waals surface area contributed by atoms with Crippen LogP contribution in [0.4, 0.5) is 5.82 Å². The van der Waals surface area contributed by atoms with E-state index in [2.05, 4.69) is 15.5 Å². The van der Waals surface area contributed by atoms with Gasteiger partial charge in [0.25, 0.3) is 0 Å². The Morgan fingerprint density at radius 2 is 2.03 bits per heavy atom. The number of H-pyrrole nitrogens is 1. The van der Waals surface area contributed by atoms with Gasteiger partial charge in [0.2, 0.25) is 5.91 Å². The van der Waals surface area contributed by atoms with E-state index in [4.69, 9.17) is 14.2 Å². The average Bonchev–Trinajstić information content (AvgIpc) is 3.29. The highest BCUT2D eigenvalue weighted by Crippen LogP contribution is 2.39. The molecule has 1 amide bonds. The summed E-state index contributed by atoms with van der Waals surface area (Å²) in [4.78, 5) is 24.4. The molecule has 2 aromatic carbocycles. The SMILES string of the molecule is CCCOC(=O)c1ccccc1COc1ccc(C2CC(=O)Nc3n[nH]cc32)cc1OC. The maximum absolute atomic E-state index is 12.3. The number of anilines is 1. The zero-order valence-corrected chi connectivity index (χ0v) is 18.0. The molecule has 8 heteroatoms. The van der Waals surface area contributed by atoms with Gasteiger partial charge in [0.05, 0.1) is 19.3 Å². The van der Waals surface area contributed by atoms with E-state index in [1.54, 1.807) is 25.4 Å². The zero-order chi connectivity index (χ0) is 22.5. The van der Waals surface area contributed by atoms with Crippen molar-refractivity contribution in [1.82, 2.24) is 10.2 Å². The smallest absolute Gasteiger partial charge is 0.338 e. The summed E-state index contributed by atoms with van der Waals surface area (Å²) in [5.41, 5.74) is 3.07. The molecule has 166 valence electrons. The van der Waals surface area contributed by atoms with Crippen LogP contribution in [0.15, 0.2) is 48.7 Å². The molecule has 2 heterocycles. The van der Waals surface area contributed by atoms with Crippen molar-refractivity contribution in [3.63, 3.8) is 0 Å². The summed E-state index contributed by atoms with van der Waals surface area (Å²) in [6, 6.07) is 12.8. The highest BCUT2D eigenvalue weighted by molar-refractivity contribution is 5.94. The molecule has 8 nitrogen and oxygen atoms in total. The minimum absolute atomic E-state index is 0.0829. The fourth-order valence-electron chi connectivity index (χ4n) is 3.73. The van der Waals surface area contributed by atoms with E-state index < -0.39 is 0 Å². The number of amides is 1. The van der Waals surface area contributed by atoms with E-state index in [1.165, 1.54) is 0 Å². The summed E-state index contributed by atoms with van der Waals surface area (Å²) < 4.78 is 16.8. The van der Waals surface area contributed by atoms with Gasteiger partial charge in [-0.3, -0.25) is 9.89 Å². The lowest BCUT2D eigenvalue weighted by Crippen LogP contribution is -2.23. The van der Waals surface area contributed by atoms with Crippen molar-refractivity contribution in [2.75, 3.05) is 19.0 Å². The van der Waals surface area contributed by atoms with Crippen molar-refractivity contribution in [3.8, 4) is 11.5 Å². The van der Waals surface area contributed by atoms with Crippen LogP contribution in [0.5, 0.6) is 11.5 Å². The Bertz CT molecular complexity index is 1120. The van der Waals surface area contributed by atoms with Crippen LogP contribution in [-0.2, 0) is 16.1 Å². The van der Waals surface area contributed by atoms with Gasteiger partial charge in [0, 0.05) is 29.7 Å². The van der Waals surface area contributed by atoms with Crippen LogP contribution in [0.25, 0.3) is 0 Å². The number of nitrogens with zero attached hydrogens (tertiary/aromatic N) is 1. The molecule has 0 radical (unpaired) electrons. The standard InChI is InChI=1S/C24H25N3O5/c1-3-10-31-24(29)17-7-5-4-6-16(17)14-32-20-9-8-15(11-21(20)30-2)18-12-22(28)26-23-19(18)13-25-27-23/h4-9,11,13,18H,3,10,12,14H2,1-2H3,(H2,25,26,27,28). The summed E-state index contributed by atoms with van der Waals surface area (Å²) in [5.74, 6) is 1.07. The lowest BCUT2D eigenvalue weighted by atomic mass is 9.87. The number of aromatic amines is 1. The van der Waals surface area contributed by atoms with Gasteiger partial charge in [-0.2, -0.15) is 5.10 Å². The number of nitrogens with one attached hydrogen (secondary N) is 2. The Balaban J connectivity index is 1.53. The monoisotopic (exact) mass is 435 g/mol. The molecule has 1 atom stereocenters. The van der Waals surface area contributed by atoms with Gasteiger partial charge in [-0.05, 0) is 30.2 Å². The predicted molar refractivity (Wildman–Crippen MR) is 118 cm³/mol. The Morgan fingerprint density at radius 1 is 1.19 bits per heavy atom. The predicted octanol–water partition coefficient (Wildman–Crippen LogP) is 4.04. The fraction of sp³-hybridized carbons (Fsp3) is 0.292. The summed E-state index contributed by atoms with van der Waals surface area (Å²) in [5, 5.41) is 9.67. The van der Waals surface area contributed by atoms with Crippen molar-refractivity contribution in [1.29, 1.82) is 0 Å². The van der Waals surface area contributed by atoms with Crippen LogP contribution in [-0.4, -0.2) is 35.8 Å². The lowest BCUT2D eigenvalue weighted by Gasteiger charge is -2.23. The van der Waals surface area contributed by atoms with Crippen LogP contribution in [0, 0.1) is 0 Å². The first-order valence-corrected chi connectivity index (χ1v) is 10.5. The van der Waals surface area contributed by atoms with Gasteiger partial charge in [0.1, 0.15) is 6.61 Å². The zero-order valence-electron chi connectivity index (χ0n) is 18.0. The van der Waals surface area contributed by atoms with E-state index in [9.17, 15) is 9.59 Å². The van der Waals surface area contributed by atoms with E-state index in [0.717, 1.165) is 23.1 Å². The molecule has 0 spiro atoms. The van der Waals surface area contributed by atoms with Crippen LogP contribution in [0.2, 0.25) is 0 Å². The number of esters is 1. The number of hydrogen-bond donors (Lipinski definition) is 2. The highest BCUT2D eigenvalue weighted by atomic mass is 16.5. The topological polar surface area (TPSA) is 103 Å². The first-order chi connectivity index (χ1) is 15.6. The van der Waals surface area contributed by atoms with Crippen molar-refractivity contribution in [3.05, 3.63) is 70.9 Å². The highest BCUT2D eigenvalue weighted by Gasteiger charge is 2.29. The molecule has 1 aromatic heterocycles. The van der Waals surface area contributed by atoms with Gasteiger partial charge in [-0.25, -0.2) is 4.79 Å². The largest absolute Gasteiger partial charge is 0.493 e. The summed E-state index contributed by atoms with van der Waals surface area (Å²) in [7, 11) is 1.57. The normalized spacial score (nSPS) is 14.9. The molecule has 2 N–H and O–H groups in total. The van der Waals surface area contributed by atoms with Crippen molar-refractivity contribution >= 4 is 17.7 Å². The second kappa shape index (κ2) is 9.55. The molecule has 0 aliphatic carbocycles. The number of benzene rings is 2. The van der Waals surface area contributed by atoms with Crippen LogP contribution >= 0.6 is 0 Å². The number of carbonyl (C=O) groups excluding carboxylic acids is 2. The van der Waals surface area contributed by atoms with E-state index in [1.807, 2.05) is 37.3 Å². The number of carbonyl (C=O) groups is 2. The molecule has 1 aliphatic heterocycles. The number of hydrogen-bond acceptors (Lipinski definition) is 6. The number of rotatable bonds is 8. The van der Waals surface area contributed by atoms with Crippen LogP contribution in [0.1, 0.15) is 52.7 Å². The Labute approximate surface area is 185 Å². The van der Waals surface area contributed by atoms with E-state index >= 15 is 0 Å². The van der Waals surface area contributed by atoms with Crippen molar-refractivity contribution in [2.24, 2.45) is 0 Å². The maximum atomic E-state index is 12.3. The second-order valence-electron chi connectivity index (χ2n) is 7.49. The second-order valence-corrected chi connectivity index (χ2v) is 7.49. The third-order valence-electron chi connectivity index (χ3n) is 5.34. The molecule has 0 saturated heterocycles. The third kappa shape index (κ3) is 4.44. The quantitative estimate of drug-likeness (QED) is 0.518. The molecular formula is C24H25N3O5. The van der Waals surface area contributed by atoms with Gasteiger partial charge >= 0.3 is 5.97 Å². The Morgan fingerprint density at radius 3 is 2.84 bits per heavy atom. The molecule has 3 aromatic rings. The molecule has 1 unspecified atom stereocenters. The molecule has 4 rings (SSSR count). The number of ether oxygens (including phenoxy) is 3. The van der Waals surface area contributed by atoms with Crippen LogP contribution < -0.4 is 14.8 Å². The number of methoxy groups -OCH3 is 1. The summed E-state index contributed by atoms with van der Waals surface area (Å²) in [6.45, 7) is 2.51. The first kappa shape index (κ1) is 21.4. The van der Waals surface area contributed by atoms with Gasteiger partial charge in [0.15, 0.2) is 17.3 Å². The molecule has 0 bridgehead atoms. The molecular weight excluding hydrogens is 410 g/mol. The first-order valence-electron chi connectivity index (χ1n) is 10.5. The molecule has 32 heavy (non-hydrogen) atoms. The van der Waals surface area contributed by atoms with Gasteiger partial charge in [-0.1, -0.05) is 31.2 Å². The molecule has 0 fully saturated rings. The van der Waals surface area contributed by atoms with Gasteiger partial charge in [-0.15, -0.1) is 0 Å². The maximum Gasteiger partial charge on any atom is 0.338 e. The lowest BCUT2D eigenvalue weighted by molar-refractivity contribution is -0.116. The Kier molecular flexibility index (Phi) is 6.39. The van der Waals surface area contributed by atoms with Crippen molar-refractivity contribution in [2.45, 2.75) is 32.3 Å². The average molecular weight is 435 g/mol. The number of aromatic nitrogens is 2. The minimum Gasteiger partial charge on any atom is -0.493 e.